The minimum absolute atomic E-state index is 0.606. The van der Waals surface area contributed by atoms with Crippen molar-refractivity contribution in [1.29, 1.82) is 0 Å². The van der Waals surface area contributed by atoms with Crippen LogP contribution in [0.3, 0.4) is 0 Å². The van der Waals surface area contributed by atoms with Crippen LogP contribution in [0, 0.1) is 0 Å². The molecule has 1 aromatic rings. The van der Waals surface area contributed by atoms with E-state index in [0.717, 1.165) is 24.5 Å². The number of rotatable bonds is 3. The predicted octanol–water partition coefficient (Wildman–Crippen LogP) is 3.39. The average Bonchev–Trinajstić information content (AvgIpc) is 2.56. The molecule has 0 radical (unpaired) electrons. The van der Waals surface area contributed by atoms with E-state index in [-0.39, 0.29) is 0 Å². The molecule has 0 aliphatic heterocycles. The zero-order valence-electron chi connectivity index (χ0n) is 11.2. The van der Waals surface area contributed by atoms with Gasteiger partial charge in [0, 0.05) is 19.4 Å². The van der Waals surface area contributed by atoms with Crippen LogP contribution in [0.4, 0.5) is 5.82 Å². The van der Waals surface area contributed by atoms with E-state index in [0.29, 0.717) is 5.92 Å². The van der Waals surface area contributed by atoms with Crippen LogP contribution in [0.1, 0.15) is 69.3 Å². The van der Waals surface area contributed by atoms with Gasteiger partial charge in [0.2, 0.25) is 0 Å². The molecular weight excluding hydrogens is 210 g/mol. The molecule has 0 aromatic carbocycles. The van der Waals surface area contributed by atoms with Gasteiger partial charge in [0.05, 0.1) is 5.69 Å². The quantitative estimate of drug-likeness (QED) is 0.816. The molecule has 1 fully saturated rings. The summed E-state index contributed by atoms with van der Waals surface area (Å²) in [5.74, 6) is 2.67. The van der Waals surface area contributed by atoms with Crippen molar-refractivity contribution in [3.63, 3.8) is 0 Å². The lowest BCUT2D eigenvalue weighted by Crippen LogP contribution is -2.04. The van der Waals surface area contributed by atoms with Gasteiger partial charge in [-0.3, -0.25) is 0 Å². The summed E-state index contributed by atoms with van der Waals surface area (Å²) in [5, 5.41) is 0. The Labute approximate surface area is 104 Å². The maximum Gasteiger partial charge on any atom is 0.126 e. The fourth-order valence-corrected chi connectivity index (χ4v) is 2.88. The van der Waals surface area contributed by atoms with Gasteiger partial charge in [-0.15, -0.1) is 0 Å². The third-order valence-corrected chi connectivity index (χ3v) is 3.98. The van der Waals surface area contributed by atoms with Crippen molar-refractivity contribution < 1.29 is 0 Å². The number of hydrogen-bond donors (Lipinski definition) is 1. The molecule has 17 heavy (non-hydrogen) atoms. The van der Waals surface area contributed by atoms with Crippen molar-refractivity contribution in [2.45, 2.75) is 64.2 Å². The molecule has 1 saturated carbocycles. The molecule has 0 bridgehead atoms. The van der Waals surface area contributed by atoms with Crippen LogP contribution in [0.15, 0.2) is 0 Å². The second kappa shape index (κ2) is 5.56. The molecule has 0 spiro atoms. The minimum Gasteiger partial charge on any atom is -0.384 e. The molecular formula is C14H25N3. The summed E-state index contributed by atoms with van der Waals surface area (Å²) in [6.45, 7) is 2.19. The lowest BCUT2D eigenvalue weighted by molar-refractivity contribution is 0.580. The minimum atomic E-state index is 0.606. The summed E-state index contributed by atoms with van der Waals surface area (Å²) in [4.78, 5) is 4.80. The van der Waals surface area contributed by atoms with E-state index in [1.165, 1.54) is 44.2 Å². The molecule has 1 heterocycles. The summed E-state index contributed by atoms with van der Waals surface area (Å²) < 4.78 is 2.09. The van der Waals surface area contributed by atoms with Crippen LogP contribution in [0.5, 0.6) is 0 Å². The summed E-state index contributed by atoms with van der Waals surface area (Å²) in [6, 6.07) is 0. The molecule has 0 unspecified atom stereocenters. The summed E-state index contributed by atoms with van der Waals surface area (Å²) in [6.07, 6.45) is 10.1. The van der Waals surface area contributed by atoms with Gasteiger partial charge in [-0.05, 0) is 19.3 Å². The Bertz CT molecular complexity index is 360. The first-order valence-corrected chi connectivity index (χ1v) is 7.05. The van der Waals surface area contributed by atoms with Gasteiger partial charge in [-0.1, -0.05) is 32.6 Å². The summed E-state index contributed by atoms with van der Waals surface area (Å²) >= 11 is 0. The Morgan fingerprint density at radius 1 is 1.24 bits per heavy atom. The number of aromatic nitrogens is 2. The Morgan fingerprint density at radius 3 is 2.47 bits per heavy atom. The predicted molar refractivity (Wildman–Crippen MR) is 72.1 cm³/mol. The molecule has 0 saturated heterocycles. The van der Waals surface area contributed by atoms with E-state index in [2.05, 4.69) is 11.5 Å². The van der Waals surface area contributed by atoms with E-state index in [4.69, 9.17) is 10.7 Å². The number of anilines is 1. The van der Waals surface area contributed by atoms with Crippen molar-refractivity contribution >= 4 is 5.82 Å². The van der Waals surface area contributed by atoms with Crippen molar-refractivity contribution in [2.24, 2.45) is 7.05 Å². The van der Waals surface area contributed by atoms with Crippen molar-refractivity contribution in [1.82, 2.24) is 9.55 Å². The third kappa shape index (κ3) is 2.64. The number of aryl methyl sites for hydroxylation is 1. The van der Waals surface area contributed by atoms with Crippen LogP contribution in [-0.4, -0.2) is 9.55 Å². The average molecular weight is 235 g/mol. The van der Waals surface area contributed by atoms with E-state index in [1.807, 2.05) is 7.05 Å². The lowest BCUT2D eigenvalue weighted by atomic mass is 9.96. The maximum atomic E-state index is 6.22. The fraction of sp³-hybridized carbons (Fsp3) is 0.786. The Kier molecular flexibility index (Phi) is 4.08. The largest absolute Gasteiger partial charge is 0.384 e. The second-order valence-electron chi connectivity index (χ2n) is 5.30. The molecule has 3 nitrogen and oxygen atoms in total. The highest BCUT2D eigenvalue weighted by Crippen LogP contribution is 2.34. The third-order valence-electron chi connectivity index (χ3n) is 3.98. The number of nitrogen functional groups attached to an aromatic ring is 1. The SMILES string of the molecule is CCCc1nc(C2CCCCCC2)c(N)n1C. The number of nitrogens with zero attached hydrogens (tertiary/aromatic N) is 2. The van der Waals surface area contributed by atoms with Crippen LogP contribution in [0.25, 0.3) is 0 Å². The highest BCUT2D eigenvalue weighted by Gasteiger charge is 2.21. The van der Waals surface area contributed by atoms with E-state index < -0.39 is 0 Å². The zero-order chi connectivity index (χ0) is 12.3. The van der Waals surface area contributed by atoms with Gasteiger partial charge in [0.25, 0.3) is 0 Å². The highest BCUT2D eigenvalue weighted by molar-refractivity contribution is 5.40. The van der Waals surface area contributed by atoms with E-state index in [9.17, 15) is 0 Å². The second-order valence-corrected chi connectivity index (χ2v) is 5.30. The first kappa shape index (κ1) is 12.5. The summed E-state index contributed by atoms with van der Waals surface area (Å²) in [5.41, 5.74) is 7.39. The number of hydrogen-bond acceptors (Lipinski definition) is 2. The van der Waals surface area contributed by atoms with Crippen molar-refractivity contribution in [2.75, 3.05) is 5.73 Å². The highest BCUT2D eigenvalue weighted by atomic mass is 15.1. The molecule has 1 aliphatic rings. The fourth-order valence-electron chi connectivity index (χ4n) is 2.88. The molecule has 3 heteroatoms. The Balaban J connectivity index is 2.21. The monoisotopic (exact) mass is 235 g/mol. The van der Waals surface area contributed by atoms with Gasteiger partial charge in [-0.2, -0.15) is 0 Å². The standard InChI is InChI=1S/C14H25N3/c1-3-8-12-16-13(14(15)17(12)2)11-9-6-4-5-7-10-11/h11H,3-10,15H2,1-2H3. The van der Waals surface area contributed by atoms with Gasteiger partial charge >= 0.3 is 0 Å². The van der Waals surface area contributed by atoms with Gasteiger partial charge in [-0.25, -0.2) is 4.98 Å². The molecule has 1 aliphatic carbocycles. The first-order chi connectivity index (χ1) is 8.24. The van der Waals surface area contributed by atoms with Gasteiger partial charge in [0.1, 0.15) is 11.6 Å². The zero-order valence-corrected chi connectivity index (χ0v) is 11.2. The van der Waals surface area contributed by atoms with Crippen LogP contribution < -0.4 is 5.73 Å². The molecule has 1 aromatic heterocycles. The van der Waals surface area contributed by atoms with Gasteiger partial charge in [0.15, 0.2) is 0 Å². The molecule has 0 atom stereocenters. The normalized spacial score (nSPS) is 18.2. The topological polar surface area (TPSA) is 43.8 Å². The smallest absolute Gasteiger partial charge is 0.126 e. The first-order valence-electron chi connectivity index (χ1n) is 7.05. The Morgan fingerprint density at radius 2 is 1.88 bits per heavy atom. The number of nitrogens with two attached hydrogens (primary N) is 1. The maximum absolute atomic E-state index is 6.22. The van der Waals surface area contributed by atoms with Crippen LogP contribution in [-0.2, 0) is 13.5 Å². The number of imidazole rings is 1. The van der Waals surface area contributed by atoms with Crippen molar-refractivity contribution in [3.8, 4) is 0 Å². The Hall–Kier alpha value is -0.990. The van der Waals surface area contributed by atoms with E-state index >= 15 is 0 Å². The molecule has 2 N–H and O–H groups in total. The molecule has 0 amide bonds. The van der Waals surface area contributed by atoms with Crippen LogP contribution >= 0.6 is 0 Å². The molecule has 96 valence electrons. The van der Waals surface area contributed by atoms with Gasteiger partial charge < -0.3 is 10.3 Å². The lowest BCUT2D eigenvalue weighted by Gasteiger charge is -2.12. The molecule has 2 rings (SSSR count). The summed E-state index contributed by atoms with van der Waals surface area (Å²) in [7, 11) is 2.05. The van der Waals surface area contributed by atoms with E-state index in [1.54, 1.807) is 0 Å². The van der Waals surface area contributed by atoms with Crippen molar-refractivity contribution in [3.05, 3.63) is 11.5 Å². The van der Waals surface area contributed by atoms with Crippen LogP contribution in [0.2, 0.25) is 0 Å².